The molecule has 1 aromatic carbocycles. The lowest BCUT2D eigenvalue weighted by atomic mass is 10.0. The van der Waals surface area contributed by atoms with Crippen LogP contribution >= 0.6 is 12.2 Å². The Kier molecular flexibility index (Phi) is 4.72. The molecule has 0 spiro atoms. The number of fused-ring (bicyclic) bond motifs is 1. The minimum atomic E-state index is 0.740. The molecule has 2 aromatic heterocycles. The number of nitrogens with zero attached hydrogens (tertiary/aromatic N) is 5. The summed E-state index contributed by atoms with van der Waals surface area (Å²) >= 11 is 5.60. The van der Waals surface area contributed by atoms with Crippen LogP contribution in [-0.4, -0.2) is 30.8 Å². The van der Waals surface area contributed by atoms with E-state index in [0.717, 1.165) is 49.6 Å². The number of hydrogen-bond acceptors (Lipinski definition) is 4. The van der Waals surface area contributed by atoms with E-state index in [4.69, 9.17) is 12.2 Å². The van der Waals surface area contributed by atoms with Crippen LogP contribution < -0.4 is 0 Å². The van der Waals surface area contributed by atoms with Crippen LogP contribution in [0.25, 0.3) is 0 Å². The van der Waals surface area contributed by atoms with E-state index in [0.29, 0.717) is 0 Å². The van der Waals surface area contributed by atoms with E-state index in [-0.39, 0.29) is 0 Å². The predicted molar refractivity (Wildman–Crippen MR) is 99.5 cm³/mol. The summed E-state index contributed by atoms with van der Waals surface area (Å²) < 4.78 is 4.72. The maximum atomic E-state index is 5.60. The van der Waals surface area contributed by atoms with Crippen LogP contribution in [0, 0.1) is 4.77 Å². The molecule has 0 atom stereocenters. The van der Waals surface area contributed by atoms with Crippen LogP contribution in [0.5, 0.6) is 0 Å². The van der Waals surface area contributed by atoms with Crippen LogP contribution in [0.4, 0.5) is 0 Å². The molecule has 4 rings (SSSR count). The van der Waals surface area contributed by atoms with E-state index in [2.05, 4.69) is 39.2 Å². The molecular weight excluding hydrogens is 330 g/mol. The van der Waals surface area contributed by atoms with Gasteiger partial charge in [0.1, 0.15) is 6.33 Å². The Morgan fingerprint density at radius 2 is 1.88 bits per heavy atom. The van der Waals surface area contributed by atoms with Crippen molar-refractivity contribution in [3.05, 3.63) is 76.6 Å². The van der Waals surface area contributed by atoms with Crippen molar-refractivity contribution in [1.82, 2.24) is 24.2 Å². The molecule has 5 nitrogen and oxygen atoms in total. The highest BCUT2D eigenvalue weighted by atomic mass is 32.1. The summed E-state index contributed by atoms with van der Waals surface area (Å²) in [6.07, 6.45) is 5.61. The van der Waals surface area contributed by atoms with Crippen molar-refractivity contribution >= 4 is 12.2 Å². The quantitative estimate of drug-likeness (QED) is 0.662. The van der Waals surface area contributed by atoms with Crippen molar-refractivity contribution in [3.8, 4) is 0 Å². The third-order valence-electron chi connectivity index (χ3n) is 4.68. The number of hydrogen-bond donors (Lipinski definition) is 0. The molecule has 25 heavy (non-hydrogen) atoms. The van der Waals surface area contributed by atoms with Crippen LogP contribution in [0.1, 0.15) is 16.8 Å². The summed E-state index contributed by atoms with van der Waals surface area (Å²) in [7, 11) is 0. The Balaban J connectivity index is 1.41. The SMILES string of the molecule is S=c1n(CCc2ccccn2)cnn1CN1CCc2ccccc2C1. The predicted octanol–water partition coefficient (Wildman–Crippen LogP) is 3.07. The third-order valence-corrected chi connectivity index (χ3v) is 5.12. The summed E-state index contributed by atoms with van der Waals surface area (Å²) in [4.78, 5) is 6.76. The molecule has 0 radical (unpaired) electrons. The van der Waals surface area contributed by atoms with E-state index in [1.54, 1.807) is 0 Å². The number of aromatic nitrogens is 4. The number of aryl methyl sites for hydroxylation is 2. The zero-order valence-corrected chi connectivity index (χ0v) is 14.9. The molecule has 0 saturated heterocycles. The van der Waals surface area contributed by atoms with Crippen LogP contribution in [0.3, 0.4) is 0 Å². The zero-order valence-electron chi connectivity index (χ0n) is 14.1. The van der Waals surface area contributed by atoms with Crippen molar-refractivity contribution < 1.29 is 0 Å². The Hall–Kier alpha value is -2.31. The van der Waals surface area contributed by atoms with Gasteiger partial charge in [-0.15, -0.1) is 0 Å². The fourth-order valence-corrected chi connectivity index (χ4v) is 3.51. The van der Waals surface area contributed by atoms with Gasteiger partial charge >= 0.3 is 0 Å². The summed E-state index contributed by atoms with van der Waals surface area (Å²) in [6.45, 7) is 3.54. The summed E-state index contributed by atoms with van der Waals surface area (Å²) in [6, 6.07) is 14.7. The molecule has 0 fully saturated rings. The van der Waals surface area contributed by atoms with E-state index in [1.165, 1.54) is 11.1 Å². The first kappa shape index (κ1) is 16.2. The largest absolute Gasteiger partial charge is 0.306 e. The second-order valence-corrected chi connectivity index (χ2v) is 6.76. The van der Waals surface area contributed by atoms with Gasteiger partial charge in [0, 0.05) is 37.9 Å². The van der Waals surface area contributed by atoms with Crippen molar-refractivity contribution in [2.45, 2.75) is 32.6 Å². The lowest BCUT2D eigenvalue weighted by Gasteiger charge is -2.28. The topological polar surface area (TPSA) is 38.9 Å². The Labute approximate surface area is 152 Å². The highest BCUT2D eigenvalue weighted by Crippen LogP contribution is 2.18. The van der Waals surface area contributed by atoms with Gasteiger partial charge < -0.3 is 4.57 Å². The first-order valence-corrected chi connectivity index (χ1v) is 9.02. The number of rotatable bonds is 5. The summed E-state index contributed by atoms with van der Waals surface area (Å²) in [5, 5.41) is 4.49. The summed E-state index contributed by atoms with van der Waals surface area (Å²) in [5.74, 6) is 0. The van der Waals surface area contributed by atoms with Crippen LogP contribution in [0.2, 0.25) is 0 Å². The van der Waals surface area contributed by atoms with Crippen molar-refractivity contribution in [2.24, 2.45) is 0 Å². The molecule has 1 aliphatic heterocycles. The maximum Gasteiger partial charge on any atom is 0.198 e. The van der Waals surface area contributed by atoms with Crippen molar-refractivity contribution in [1.29, 1.82) is 0 Å². The van der Waals surface area contributed by atoms with Gasteiger partial charge in [-0.3, -0.25) is 9.88 Å². The highest BCUT2D eigenvalue weighted by Gasteiger charge is 2.16. The summed E-state index contributed by atoms with van der Waals surface area (Å²) in [5.41, 5.74) is 3.95. The minimum Gasteiger partial charge on any atom is -0.306 e. The maximum absolute atomic E-state index is 5.60. The second-order valence-electron chi connectivity index (χ2n) is 6.39. The van der Waals surface area contributed by atoms with Gasteiger partial charge in [-0.2, -0.15) is 5.10 Å². The van der Waals surface area contributed by atoms with Crippen molar-refractivity contribution in [2.75, 3.05) is 6.54 Å². The molecule has 128 valence electrons. The van der Waals surface area contributed by atoms with Crippen molar-refractivity contribution in [3.63, 3.8) is 0 Å². The Morgan fingerprint density at radius 3 is 2.72 bits per heavy atom. The minimum absolute atomic E-state index is 0.740. The van der Waals surface area contributed by atoms with E-state index >= 15 is 0 Å². The fourth-order valence-electron chi connectivity index (χ4n) is 3.27. The second kappa shape index (κ2) is 7.29. The van der Waals surface area contributed by atoms with Gasteiger partial charge in [0.25, 0.3) is 0 Å². The molecular formula is C19H21N5S. The molecule has 6 heteroatoms. The Bertz CT molecular complexity index is 899. The van der Waals surface area contributed by atoms with Crippen LogP contribution in [-0.2, 0) is 32.6 Å². The molecule has 3 heterocycles. The number of pyridine rings is 1. The lowest BCUT2D eigenvalue weighted by molar-refractivity contribution is 0.188. The average Bonchev–Trinajstić information content (AvgIpc) is 3.00. The average molecular weight is 351 g/mol. The molecule has 0 aliphatic carbocycles. The van der Waals surface area contributed by atoms with Gasteiger partial charge in [0.15, 0.2) is 4.77 Å². The molecule has 3 aromatic rings. The lowest BCUT2D eigenvalue weighted by Crippen LogP contribution is -2.32. The van der Waals surface area contributed by atoms with Gasteiger partial charge in [-0.1, -0.05) is 30.3 Å². The van der Waals surface area contributed by atoms with Gasteiger partial charge in [-0.25, -0.2) is 4.68 Å². The third kappa shape index (κ3) is 3.70. The van der Waals surface area contributed by atoms with Crippen LogP contribution in [0.15, 0.2) is 55.0 Å². The van der Waals surface area contributed by atoms with E-state index < -0.39 is 0 Å². The first-order valence-electron chi connectivity index (χ1n) is 8.61. The van der Waals surface area contributed by atoms with E-state index in [9.17, 15) is 0 Å². The molecule has 0 unspecified atom stereocenters. The van der Waals surface area contributed by atoms with Gasteiger partial charge in [0.05, 0.1) is 6.67 Å². The highest BCUT2D eigenvalue weighted by molar-refractivity contribution is 7.71. The van der Waals surface area contributed by atoms with E-state index in [1.807, 2.05) is 40.0 Å². The molecule has 0 bridgehead atoms. The standard InChI is InChI=1S/C19H21N5S/c25-19-23(12-9-18-7-3-4-10-20-18)14-21-24(19)15-22-11-8-16-5-1-2-6-17(16)13-22/h1-7,10,14H,8-9,11-13,15H2. The monoisotopic (exact) mass is 351 g/mol. The Morgan fingerprint density at radius 1 is 1.04 bits per heavy atom. The number of benzene rings is 1. The fraction of sp³-hybridized carbons (Fsp3) is 0.316. The van der Waals surface area contributed by atoms with Gasteiger partial charge in [0.2, 0.25) is 0 Å². The zero-order chi connectivity index (χ0) is 17.1. The normalized spacial score (nSPS) is 14.4. The molecule has 1 aliphatic rings. The van der Waals surface area contributed by atoms with Gasteiger partial charge in [-0.05, 0) is 41.9 Å². The molecule has 0 amide bonds. The first-order chi connectivity index (χ1) is 12.3. The smallest absolute Gasteiger partial charge is 0.198 e. The molecule has 0 N–H and O–H groups in total. The molecule has 0 saturated carbocycles.